The van der Waals surface area contributed by atoms with Crippen LogP contribution in [-0.2, 0) is 5.41 Å². The van der Waals surface area contributed by atoms with Gasteiger partial charge in [0.2, 0.25) is 0 Å². The summed E-state index contributed by atoms with van der Waals surface area (Å²) < 4.78 is 0. The molecule has 0 bridgehead atoms. The van der Waals surface area contributed by atoms with Crippen LogP contribution in [0.3, 0.4) is 0 Å². The van der Waals surface area contributed by atoms with Crippen LogP contribution < -0.4 is 5.32 Å². The third kappa shape index (κ3) is 1.75. The van der Waals surface area contributed by atoms with E-state index in [4.69, 9.17) is 0 Å². The van der Waals surface area contributed by atoms with Gasteiger partial charge in [-0.05, 0) is 17.5 Å². The van der Waals surface area contributed by atoms with E-state index in [1.165, 1.54) is 11.1 Å². The minimum Gasteiger partial charge on any atom is -0.310 e. The van der Waals surface area contributed by atoms with Gasteiger partial charge in [-0.2, -0.15) is 0 Å². The lowest BCUT2D eigenvalue weighted by molar-refractivity contribution is 0.484. The predicted molar refractivity (Wildman–Crippen MR) is 75.7 cm³/mol. The van der Waals surface area contributed by atoms with Gasteiger partial charge in [0.05, 0.1) is 0 Å². The Bertz CT molecular complexity index is 460. The topological polar surface area (TPSA) is 21.9 Å². The molecule has 0 aliphatic carbocycles. The Morgan fingerprint density at radius 1 is 0.944 bits per heavy atom. The second kappa shape index (κ2) is 4.58. The van der Waals surface area contributed by atoms with Gasteiger partial charge in [0.1, 0.15) is 0 Å². The van der Waals surface area contributed by atoms with Crippen molar-refractivity contribution in [2.24, 2.45) is 0 Å². The third-order valence-electron chi connectivity index (χ3n) is 4.14. The molecule has 0 amide bonds. The van der Waals surface area contributed by atoms with Crippen molar-refractivity contribution < 1.29 is 0 Å². The van der Waals surface area contributed by atoms with Crippen molar-refractivity contribution in [2.45, 2.75) is 24.8 Å². The van der Waals surface area contributed by atoms with Crippen molar-refractivity contribution in [2.75, 3.05) is 6.54 Å². The summed E-state index contributed by atoms with van der Waals surface area (Å²) in [6.45, 7) is 3.41. The highest BCUT2D eigenvalue weighted by atomic mass is 15.1. The smallest absolute Gasteiger partial charge is 0.0365 e. The van der Waals surface area contributed by atoms with Crippen LogP contribution >= 0.6 is 0 Å². The van der Waals surface area contributed by atoms with Crippen LogP contribution in [-0.4, -0.2) is 12.6 Å². The standard InChI is InChI=1S/C17H19N/c1-2-17(16-13-18-16,14-9-5-3-6-10-14)15-11-7-4-8-12-15/h3-12,16,18H,2,13H2,1H3/t16-/m1/s1. The molecule has 1 nitrogen and oxygen atoms in total. The quantitative estimate of drug-likeness (QED) is 0.809. The number of hydrogen-bond donors (Lipinski definition) is 1. The second-order valence-corrected chi connectivity index (χ2v) is 5.02. The third-order valence-corrected chi connectivity index (χ3v) is 4.14. The van der Waals surface area contributed by atoms with Crippen LogP contribution in [0.4, 0.5) is 0 Å². The number of nitrogens with one attached hydrogen (secondary N) is 1. The number of hydrogen-bond acceptors (Lipinski definition) is 1. The summed E-state index contributed by atoms with van der Waals surface area (Å²) in [6.07, 6.45) is 1.12. The average Bonchev–Trinajstić information content (AvgIpc) is 3.28. The zero-order valence-electron chi connectivity index (χ0n) is 10.8. The first kappa shape index (κ1) is 11.5. The fourth-order valence-electron chi connectivity index (χ4n) is 3.10. The Morgan fingerprint density at radius 2 is 1.39 bits per heavy atom. The minimum absolute atomic E-state index is 0.127. The lowest BCUT2D eigenvalue weighted by Crippen LogP contribution is -2.34. The van der Waals surface area contributed by atoms with Gasteiger partial charge in [-0.3, -0.25) is 0 Å². The molecule has 1 atom stereocenters. The van der Waals surface area contributed by atoms with Crippen LogP contribution in [0.5, 0.6) is 0 Å². The summed E-state index contributed by atoms with van der Waals surface area (Å²) >= 11 is 0. The monoisotopic (exact) mass is 237 g/mol. The normalized spacial score (nSPS) is 18.6. The van der Waals surface area contributed by atoms with E-state index in [9.17, 15) is 0 Å². The van der Waals surface area contributed by atoms with Gasteiger partial charge >= 0.3 is 0 Å². The molecule has 2 aromatic rings. The summed E-state index contributed by atoms with van der Waals surface area (Å²) in [5.41, 5.74) is 2.98. The molecule has 1 N–H and O–H groups in total. The molecule has 18 heavy (non-hydrogen) atoms. The largest absolute Gasteiger partial charge is 0.310 e. The summed E-state index contributed by atoms with van der Waals surface area (Å²) in [6, 6.07) is 22.4. The summed E-state index contributed by atoms with van der Waals surface area (Å²) in [5.74, 6) is 0. The van der Waals surface area contributed by atoms with Crippen molar-refractivity contribution in [1.29, 1.82) is 0 Å². The maximum atomic E-state index is 3.52. The van der Waals surface area contributed by atoms with E-state index >= 15 is 0 Å². The molecule has 1 aliphatic heterocycles. The summed E-state index contributed by atoms with van der Waals surface area (Å²) in [5, 5.41) is 3.52. The molecule has 3 rings (SSSR count). The van der Waals surface area contributed by atoms with Crippen LogP contribution in [0.2, 0.25) is 0 Å². The predicted octanol–water partition coefficient (Wildman–Crippen LogP) is 3.35. The molecule has 0 unspecified atom stereocenters. The second-order valence-electron chi connectivity index (χ2n) is 5.02. The maximum Gasteiger partial charge on any atom is 0.0365 e. The van der Waals surface area contributed by atoms with Crippen LogP contribution in [0.15, 0.2) is 60.7 Å². The van der Waals surface area contributed by atoms with Crippen LogP contribution in [0.1, 0.15) is 24.5 Å². The molecule has 92 valence electrons. The van der Waals surface area contributed by atoms with Crippen LogP contribution in [0, 0.1) is 0 Å². The first-order valence-electron chi connectivity index (χ1n) is 6.72. The van der Waals surface area contributed by atoms with E-state index in [0.29, 0.717) is 6.04 Å². The molecule has 2 aromatic carbocycles. The van der Waals surface area contributed by atoms with Crippen molar-refractivity contribution in [3.05, 3.63) is 71.8 Å². The molecular formula is C17H19N. The molecule has 0 aromatic heterocycles. The lowest BCUT2D eigenvalue weighted by atomic mass is 9.70. The number of rotatable bonds is 4. The van der Waals surface area contributed by atoms with Gasteiger partial charge in [-0.15, -0.1) is 0 Å². The first-order chi connectivity index (χ1) is 8.88. The molecule has 1 heteroatoms. The van der Waals surface area contributed by atoms with Crippen molar-refractivity contribution in [3.63, 3.8) is 0 Å². The highest BCUT2D eigenvalue weighted by Crippen LogP contribution is 2.41. The van der Waals surface area contributed by atoms with E-state index in [1.807, 2.05) is 0 Å². The molecule has 1 fully saturated rings. The number of benzene rings is 2. The van der Waals surface area contributed by atoms with Gasteiger partial charge < -0.3 is 5.32 Å². The molecule has 0 radical (unpaired) electrons. The zero-order valence-corrected chi connectivity index (χ0v) is 10.8. The Hall–Kier alpha value is -1.60. The highest BCUT2D eigenvalue weighted by Gasteiger charge is 2.46. The Balaban J connectivity index is 2.15. The summed E-state index contributed by atoms with van der Waals surface area (Å²) in [4.78, 5) is 0. The maximum absolute atomic E-state index is 3.52. The average molecular weight is 237 g/mol. The fourth-order valence-corrected chi connectivity index (χ4v) is 3.10. The van der Waals surface area contributed by atoms with Gasteiger partial charge in [0.25, 0.3) is 0 Å². The molecule has 0 spiro atoms. The van der Waals surface area contributed by atoms with Crippen LogP contribution in [0.25, 0.3) is 0 Å². The van der Waals surface area contributed by atoms with Gasteiger partial charge in [-0.25, -0.2) is 0 Å². The lowest BCUT2D eigenvalue weighted by Gasteiger charge is -2.33. The zero-order chi connectivity index (χ0) is 12.4. The molecule has 1 saturated heterocycles. The van der Waals surface area contributed by atoms with Crippen molar-refractivity contribution in [1.82, 2.24) is 5.32 Å². The summed E-state index contributed by atoms with van der Waals surface area (Å²) in [7, 11) is 0. The molecule has 1 aliphatic rings. The van der Waals surface area contributed by atoms with Crippen molar-refractivity contribution >= 4 is 0 Å². The Labute approximate surface area is 109 Å². The van der Waals surface area contributed by atoms with Gasteiger partial charge in [0.15, 0.2) is 0 Å². The van der Waals surface area contributed by atoms with Gasteiger partial charge in [0, 0.05) is 18.0 Å². The van der Waals surface area contributed by atoms with E-state index in [0.717, 1.165) is 13.0 Å². The molecule has 1 heterocycles. The fraction of sp³-hybridized carbons (Fsp3) is 0.294. The highest BCUT2D eigenvalue weighted by molar-refractivity contribution is 5.43. The Kier molecular flexibility index (Phi) is 2.92. The SMILES string of the molecule is CCC(c1ccccc1)(c1ccccc1)[C@H]1CN1. The first-order valence-corrected chi connectivity index (χ1v) is 6.72. The van der Waals surface area contributed by atoms with E-state index in [2.05, 4.69) is 72.9 Å². The van der Waals surface area contributed by atoms with Crippen molar-refractivity contribution in [3.8, 4) is 0 Å². The van der Waals surface area contributed by atoms with E-state index in [1.54, 1.807) is 0 Å². The Morgan fingerprint density at radius 3 is 1.72 bits per heavy atom. The minimum atomic E-state index is 0.127. The molecular weight excluding hydrogens is 218 g/mol. The van der Waals surface area contributed by atoms with Gasteiger partial charge in [-0.1, -0.05) is 67.6 Å². The van der Waals surface area contributed by atoms with E-state index < -0.39 is 0 Å². The molecule has 0 saturated carbocycles. The van der Waals surface area contributed by atoms with E-state index in [-0.39, 0.29) is 5.41 Å².